The van der Waals surface area contributed by atoms with Gasteiger partial charge in [-0.05, 0) is 70.9 Å². The summed E-state index contributed by atoms with van der Waals surface area (Å²) in [6, 6.07) is 53.2. The molecule has 2 heterocycles. The number of para-hydroxylation sites is 3. The third-order valence-corrected chi connectivity index (χ3v) is 8.45. The Morgan fingerprint density at radius 1 is 0.372 bits per heavy atom. The third kappa shape index (κ3) is 3.83. The molecule has 0 aliphatic carbocycles. The van der Waals surface area contributed by atoms with Crippen LogP contribution in [0.5, 0.6) is 0 Å². The highest BCUT2D eigenvalue weighted by Crippen LogP contribution is 2.44. The van der Waals surface area contributed by atoms with Gasteiger partial charge in [0.15, 0.2) is 0 Å². The van der Waals surface area contributed by atoms with E-state index in [-0.39, 0.29) is 0 Å². The fraction of sp³-hybridized carbons (Fsp3) is 0. The lowest BCUT2D eigenvalue weighted by Crippen LogP contribution is -2.11. The fourth-order valence-electron chi connectivity index (χ4n) is 6.40. The molecule has 3 heteroatoms. The van der Waals surface area contributed by atoms with E-state index < -0.39 is 0 Å². The highest BCUT2D eigenvalue weighted by atomic mass is 16.3. The molecule has 0 radical (unpaired) electrons. The van der Waals surface area contributed by atoms with Crippen LogP contribution in [0.1, 0.15) is 0 Å². The number of rotatable bonds is 4. The fourth-order valence-corrected chi connectivity index (χ4v) is 6.40. The van der Waals surface area contributed by atoms with Crippen LogP contribution in [0.25, 0.3) is 65.8 Å². The van der Waals surface area contributed by atoms with Crippen LogP contribution in [0.4, 0.5) is 17.1 Å². The first-order chi connectivity index (χ1) is 21.3. The topological polar surface area (TPSA) is 29.5 Å². The van der Waals surface area contributed by atoms with Gasteiger partial charge in [-0.3, -0.25) is 0 Å². The molecule has 0 atom stereocenters. The molecule has 0 N–H and O–H groups in total. The first-order valence-corrected chi connectivity index (χ1v) is 14.5. The second kappa shape index (κ2) is 9.37. The van der Waals surface area contributed by atoms with Crippen LogP contribution in [0.3, 0.4) is 0 Å². The van der Waals surface area contributed by atoms with E-state index in [2.05, 4.69) is 132 Å². The molecule has 9 rings (SSSR count). The molecule has 0 spiro atoms. The molecular formula is C40H25NO2. The van der Waals surface area contributed by atoms with Crippen molar-refractivity contribution in [3.63, 3.8) is 0 Å². The van der Waals surface area contributed by atoms with E-state index in [0.717, 1.165) is 72.1 Å². The normalized spacial score (nSPS) is 11.7. The molecule has 0 saturated heterocycles. The quantitative estimate of drug-likeness (QED) is 0.218. The van der Waals surface area contributed by atoms with Crippen molar-refractivity contribution in [3.05, 3.63) is 152 Å². The summed E-state index contributed by atoms with van der Waals surface area (Å²) in [5.41, 5.74) is 8.93. The number of anilines is 3. The van der Waals surface area contributed by atoms with E-state index in [9.17, 15) is 0 Å². The van der Waals surface area contributed by atoms with Gasteiger partial charge in [-0.2, -0.15) is 0 Å². The Hall–Kier alpha value is -5.80. The van der Waals surface area contributed by atoms with Gasteiger partial charge >= 0.3 is 0 Å². The van der Waals surface area contributed by atoms with E-state index in [1.54, 1.807) is 0 Å². The lowest BCUT2D eigenvalue weighted by Gasteiger charge is -2.28. The minimum Gasteiger partial charge on any atom is -0.456 e. The van der Waals surface area contributed by atoms with E-state index in [0.29, 0.717) is 0 Å². The standard InChI is InChI=1S/C40H25NO2/c1-2-10-27-23-29(19-17-26(27)9-1)41(30-20-22-35-33-13-5-8-16-38(33)43-40(35)25-30)36-14-6-3-11-31(36)28-18-21-34-32-12-4-7-15-37(32)42-39(34)24-28/h1-25H. The highest BCUT2D eigenvalue weighted by molar-refractivity contribution is 6.08. The predicted molar refractivity (Wildman–Crippen MR) is 179 cm³/mol. The van der Waals surface area contributed by atoms with E-state index in [1.165, 1.54) is 10.8 Å². The molecule has 2 aromatic heterocycles. The maximum atomic E-state index is 6.34. The summed E-state index contributed by atoms with van der Waals surface area (Å²) < 4.78 is 12.6. The van der Waals surface area contributed by atoms with E-state index >= 15 is 0 Å². The SMILES string of the molecule is c1ccc(N(c2ccc3ccccc3c2)c2ccc3c(c2)oc2ccccc23)c(-c2ccc3c(c2)oc2ccccc23)c1. The van der Waals surface area contributed by atoms with Crippen molar-refractivity contribution in [3.8, 4) is 11.1 Å². The monoisotopic (exact) mass is 551 g/mol. The molecule has 3 nitrogen and oxygen atoms in total. The minimum atomic E-state index is 0.866. The summed E-state index contributed by atoms with van der Waals surface area (Å²) in [5, 5.41) is 6.90. The minimum absolute atomic E-state index is 0.866. The number of fused-ring (bicyclic) bond motifs is 7. The Morgan fingerprint density at radius 2 is 0.930 bits per heavy atom. The van der Waals surface area contributed by atoms with Gasteiger partial charge in [0.05, 0.1) is 5.69 Å². The van der Waals surface area contributed by atoms with Crippen molar-refractivity contribution in [2.45, 2.75) is 0 Å². The van der Waals surface area contributed by atoms with Crippen LogP contribution in [0, 0.1) is 0 Å². The predicted octanol–water partition coefficient (Wildman–Crippen LogP) is 11.8. The maximum absolute atomic E-state index is 6.34. The second-order valence-corrected chi connectivity index (χ2v) is 11.0. The van der Waals surface area contributed by atoms with Crippen LogP contribution in [0.15, 0.2) is 160 Å². The van der Waals surface area contributed by atoms with Crippen LogP contribution in [0.2, 0.25) is 0 Å². The zero-order valence-corrected chi connectivity index (χ0v) is 23.2. The molecule has 43 heavy (non-hydrogen) atoms. The average Bonchev–Trinajstić information content (AvgIpc) is 3.62. The molecule has 0 saturated carbocycles. The van der Waals surface area contributed by atoms with Gasteiger partial charge in [0.2, 0.25) is 0 Å². The van der Waals surface area contributed by atoms with Crippen molar-refractivity contribution >= 4 is 71.7 Å². The lowest BCUT2D eigenvalue weighted by molar-refractivity contribution is 0.668. The molecule has 7 aromatic carbocycles. The first kappa shape index (κ1) is 23.9. The number of hydrogen-bond donors (Lipinski definition) is 0. The van der Waals surface area contributed by atoms with Crippen molar-refractivity contribution in [2.75, 3.05) is 4.90 Å². The molecule has 0 aliphatic rings. The summed E-state index contributed by atoms with van der Waals surface area (Å²) in [4.78, 5) is 2.33. The molecule has 0 fully saturated rings. The zero-order valence-electron chi connectivity index (χ0n) is 23.2. The molecule has 0 amide bonds. The highest BCUT2D eigenvalue weighted by Gasteiger charge is 2.20. The number of furan rings is 2. The van der Waals surface area contributed by atoms with Crippen molar-refractivity contribution in [2.24, 2.45) is 0 Å². The maximum Gasteiger partial charge on any atom is 0.137 e. The largest absolute Gasteiger partial charge is 0.456 e. The van der Waals surface area contributed by atoms with E-state index in [4.69, 9.17) is 8.83 Å². The summed E-state index contributed by atoms with van der Waals surface area (Å²) >= 11 is 0. The molecule has 0 aliphatic heterocycles. The smallest absolute Gasteiger partial charge is 0.137 e. The van der Waals surface area contributed by atoms with Crippen LogP contribution >= 0.6 is 0 Å². The summed E-state index contributed by atoms with van der Waals surface area (Å²) in [5.74, 6) is 0. The third-order valence-electron chi connectivity index (χ3n) is 8.45. The second-order valence-electron chi connectivity index (χ2n) is 11.0. The van der Waals surface area contributed by atoms with Crippen LogP contribution < -0.4 is 4.90 Å². The Balaban J connectivity index is 1.27. The van der Waals surface area contributed by atoms with E-state index in [1.807, 2.05) is 24.3 Å². The summed E-state index contributed by atoms with van der Waals surface area (Å²) in [6.07, 6.45) is 0. The van der Waals surface area contributed by atoms with Gasteiger partial charge in [0.1, 0.15) is 22.3 Å². The average molecular weight is 552 g/mol. The van der Waals surface area contributed by atoms with Gasteiger partial charge in [0, 0.05) is 44.5 Å². The Labute approximate surface area is 247 Å². The molecule has 0 unspecified atom stereocenters. The van der Waals surface area contributed by atoms with Crippen LogP contribution in [-0.4, -0.2) is 0 Å². The van der Waals surface area contributed by atoms with Gasteiger partial charge in [-0.1, -0.05) is 91.0 Å². The molecule has 9 aromatic rings. The number of benzene rings is 7. The Bertz CT molecular complexity index is 2480. The van der Waals surface area contributed by atoms with Crippen LogP contribution in [-0.2, 0) is 0 Å². The summed E-state index contributed by atoms with van der Waals surface area (Å²) in [7, 11) is 0. The van der Waals surface area contributed by atoms with Gasteiger partial charge in [-0.15, -0.1) is 0 Å². The molecule has 0 bridgehead atoms. The molecular weight excluding hydrogens is 526 g/mol. The van der Waals surface area contributed by atoms with Crippen molar-refractivity contribution in [1.29, 1.82) is 0 Å². The number of nitrogens with zero attached hydrogens (tertiary/aromatic N) is 1. The van der Waals surface area contributed by atoms with Gasteiger partial charge < -0.3 is 13.7 Å². The van der Waals surface area contributed by atoms with Gasteiger partial charge in [-0.25, -0.2) is 0 Å². The van der Waals surface area contributed by atoms with Gasteiger partial charge in [0.25, 0.3) is 0 Å². The number of hydrogen-bond acceptors (Lipinski definition) is 3. The first-order valence-electron chi connectivity index (χ1n) is 14.5. The Kier molecular flexibility index (Phi) is 5.20. The summed E-state index contributed by atoms with van der Waals surface area (Å²) in [6.45, 7) is 0. The van der Waals surface area contributed by atoms with Crippen molar-refractivity contribution in [1.82, 2.24) is 0 Å². The lowest BCUT2D eigenvalue weighted by atomic mass is 9.99. The van der Waals surface area contributed by atoms with Crippen molar-refractivity contribution < 1.29 is 8.83 Å². The molecule has 202 valence electrons. The Morgan fingerprint density at radius 3 is 1.72 bits per heavy atom. The zero-order chi connectivity index (χ0) is 28.3.